The van der Waals surface area contributed by atoms with Gasteiger partial charge in [-0.2, -0.15) is 0 Å². The highest BCUT2D eigenvalue weighted by molar-refractivity contribution is 7.19. The molecular weight excluding hydrogens is 172 g/mol. The van der Waals surface area contributed by atoms with Gasteiger partial charge in [0.15, 0.2) is 5.13 Å². The molecule has 0 saturated heterocycles. The van der Waals surface area contributed by atoms with Crippen LogP contribution in [0.25, 0.3) is 0 Å². The quantitative estimate of drug-likeness (QED) is 0.714. The molecule has 0 spiro atoms. The molecule has 0 aliphatic carbocycles. The highest BCUT2D eigenvalue weighted by Gasteiger charge is 2.03. The van der Waals surface area contributed by atoms with Crippen molar-refractivity contribution in [3.05, 3.63) is 6.20 Å². The van der Waals surface area contributed by atoms with Gasteiger partial charge >= 0.3 is 0 Å². The van der Waals surface area contributed by atoms with Gasteiger partial charge in [-0.1, -0.05) is 11.3 Å². The summed E-state index contributed by atoms with van der Waals surface area (Å²) in [5.41, 5.74) is 5.56. The van der Waals surface area contributed by atoms with Crippen LogP contribution in [0.2, 0.25) is 0 Å². The summed E-state index contributed by atoms with van der Waals surface area (Å²) in [4.78, 5) is 6.24. The second kappa shape index (κ2) is 4.27. The zero-order valence-corrected chi connectivity index (χ0v) is 8.19. The SMILES string of the molecule is CNCCN(C)c1ncc(N)s1. The smallest absolute Gasteiger partial charge is 0.187 e. The lowest BCUT2D eigenvalue weighted by molar-refractivity contribution is 0.766. The lowest BCUT2D eigenvalue weighted by Crippen LogP contribution is -2.26. The third kappa shape index (κ3) is 2.35. The van der Waals surface area contributed by atoms with E-state index >= 15 is 0 Å². The van der Waals surface area contributed by atoms with Crippen molar-refractivity contribution in [3.63, 3.8) is 0 Å². The molecule has 12 heavy (non-hydrogen) atoms. The van der Waals surface area contributed by atoms with E-state index in [2.05, 4.69) is 15.2 Å². The molecule has 0 saturated carbocycles. The molecule has 1 aromatic heterocycles. The summed E-state index contributed by atoms with van der Waals surface area (Å²) < 4.78 is 0. The summed E-state index contributed by atoms with van der Waals surface area (Å²) in [6.07, 6.45) is 1.69. The number of rotatable bonds is 4. The van der Waals surface area contributed by atoms with Crippen LogP contribution in [-0.4, -0.2) is 32.2 Å². The predicted molar refractivity (Wildman–Crippen MR) is 53.7 cm³/mol. The summed E-state index contributed by atoms with van der Waals surface area (Å²) in [6.45, 7) is 1.90. The molecule has 0 aliphatic rings. The first-order chi connectivity index (χ1) is 5.74. The van der Waals surface area contributed by atoms with Gasteiger partial charge in [0, 0.05) is 20.1 Å². The zero-order valence-electron chi connectivity index (χ0n) is 7.37. The Morgan fingerprint density at radius 2 is 2.50 bits per heavy atom. The maximum Gasteiger partial charge on any atom is 0.187 e. The van der Waals surface area contributed by atoms with Gasteiger partial charge in [0.2, 0.25) is 0 Å². The Balaban J connectivity index is 2.47. The lowest BCUT2D eigenvalue weighted by atomic mass is 10.6. The Morgan fingerprint density at radius 3 is 3.00 bits per heavy atom. The number of thiazole rings is 1. The van der Waals surface area contributed by atoms with Gasteiger partial charge in [-0.3, -0.25) is 0 Å². The van der Waals surface area contributed by atoms with Crippen molar-refractivity contribution in [2.24, 2.45) is 0 Å². The second-order valence-corrected chi connectivity index (χ2v) is 3.61. The number of nitrogens with zero attached hydrogens (tertiary/aromatic N) is 2. The van der Waals surface area contributed by atoms with E-state index in [0.717, 1.165) is 23.2 Å². The summed E-state index contributed by atoms with van der Waals surface area (Å²) in [6, 6.07) is 0. The monoisotopic (exact) mass is 186 g/mol. The van der Waals surface area contributed by atoms with Crippen LogP contribution in [0.3, 0.4) is 0 Å². The van der Waals surface area contributed by atoms with Crippen molar-refractivity contribution >= 4 is 21.5 Å². The molecule has 4 nitrogen and oxygen atoms in total. The first kappa shape index (κ1) is 9.28. The average molecular weight is 186 g/mol. The van der Waals surface area contributed by atoms with E-state index in [0.29, 0.717) is 0 Å². The fourth-order valence-corrected chi connectivity index (χ4v) is 1.50. The molecule has 0 aliphatic heterocycles. The van der Waals surface area contributed by atoms with Gasteiger partial charge in [-0.25, -0.2) is 4.98 Å². The standard InChI is InChI=1S/C7H14N4S/c1-9-3-4-11(2)7-10-5-6(8)12-7/h5,9H,3-4,8H2,1-2H3. The molecule has 68 valence electrons. The van der Waals surface area contributed by atoms with Gasteiger partial charge in [0.1, 0.15) is 5.00 Å². The summed E-state index contributed by atoms with van der Waals surface area (Å²) in [5, 5.41) is 4.82. The zero-order chi connectivity index (χ0) is 8.97. The Labute approximate surface area is 76.4 Å². The molecule has 1 rings (SSSR count). The minimum absolute atomic E-state index is 0.765. The van der Waals surface area contributed by atoms with Crippen molar-refractivity contribution in [3.8, 4) is 0 Å². The van der Waals surface area contributed by atoms with Crippen LogP contribution < -0.4 is 16.0 Å². The number of nitrogen functional groups attached to an aromatic ring is 1. The van der Waals surface area contributed by atoms with Crippen LogP contribution in [0.1, 0.15) is 0 Å². The van der Waals surface area contributed by atoms with Crippen LogP contribution in [0.4, 0.5) is 10.1 Å². The molecule has 0 bridgehead atoms. The van der Waals surface area contributed by atoms with Crippen LogP contribution in [0, 0.1) is 0 Å². The number of aromatic nitrogens is 1. The molecule has 1 aromatic rings. The maximum atomic E-state index is 5.56. The third-order valence-corrected chi connectivity index (χ3v) is 2.48. The number of likely N-dealkylation sites (N-methyl/N-ethyl adjacent to an activating group) is 2. The fraction of sp³-hybridized carbons (Fsp3) is 0.571. The highest BCUT2D eigenvalue weighted by atomic mass is 32.1. The number of anilines is 2. The second-order valence-electron chi connectivity index (χ2n) is 2.57. The molecule has 3 N–H and O–H groups in total. The molecular formula is C7H14N4S. The van der Waals surface area contributed by atoms with Crippen molar-refractivity contribution in [2.75, 3.05) is 37.8 Å². The molecule has 0 fully saturated rings. The lowest BCUT2D eigenvalue weighted by Gasteiger charge is -2.14. The largest absolute Gasteiger partial charge is 0.389 e. The number of nitrogens with one attached hydrogen (secondary N) is 1. The molecule has 5 heteroatoms. The Bertz CT molecular complexity index is 235. The van der Waals surface area contributed by atoms with Gasteiger partial charge in [-0.15, -0.1) is 0 Å². The Morgan fingerprint density at radius 1 is 1.75 bits per heavy atom. The number of nitrogens with two attached hydrogens (primary N) is 1. The van der Waals surface area contributed by atoms with E-state index in [1.54, 1.807) is 6.20 Å². The minimum atomic E-state index is 0.765. The molecule has 0 radical (unpaired) electrons. The Kier molecular flexibility index (Phi) is 3.31. The highest BCUT2D eigenvalue weighted by Crippen LogP contribution is 2.22. The molecule has 1 heterocycles. The van der Waals surface area contributed by atoms with E-state index in [4.69, 9.17) is 5.73 Å². The summed E-state index contributed by atoms with van der Waals surface area (Å²) in [5.74, 6) is 0. The van der Waals surface area contributed by atoms with E-state index in [9.17, 15) is 0 Å². The van der Waals surface area contributed by atoms with Crippen molar-refractivity contribution in [2.45, 2.75) is 0 Å². The van der Waals surface area contributed by atoms with Gasteiger partial charge < -0.3 is 16.0 Å². The number of hydrogen-bond acceptors (Lipinski definition) is 5. The van der Waals surface area contributed by atoms with Crippen LogP contribution in [0.15, 0.2) is 6.20 Å². The van der Waals surface area contributed by atoms with E-state index in [1.165, 1.54) is 11.3 Å². The average Bonchev–Trinajstić information content (AvgIpc) is 2.47. The van der Waals surface area contributed by atoms with Gasteiger partial charge in [0.05, 0.1) is 6.20 Å². The fourth-order valence-electron chi connectivity index (χ4n) is 0.829. The Hall–Kier alpha value is -0.810. The molecule has 0 aromatic carbocycles. The molecule has 0 atom stereocenters. The summed E-state index contributed by atoms with van der Waals surface area (Å²) >= 11 is 1.51. The van der Waals surface area contributed by atoms with Crippen LogP contribution >= 0.6 is 11.3 Å². The normalized spacial score (nSPS) is 10.2. The van der Waals surface area contributed by atoms with Crippen molar-refractivity contribution in [1.29, 1.82) is 0 Å². The van der Waals surface area contributed by atoms with E-state index < -0.39 is 0 Å². The van der Waals surface area contributed by atoms with Crippen LogP contribution in [0.5, 0.6) is 0 Å². The van der Waals surface area contributed by atoms with E-state index in [1.807, 2.05) is 14.1 Å². The number of hydrogen-bond donors (Lipinski definition) is 2. The topological polar surface area (TPSA) is 54.2 Å². The first-order valence-corrected chi connectivity index (χ1v) is 4.62. The third-order valence-electron chi connectivity index (χ3n) is 1.54. The van der Waals surface area contributed by atoms with Crippen molar-refractivity contribution < 1.29 is 0 Å². The molecule has 0 amide bonds. The first-order valence-electron chi connectivity index (χ1n) is 3.81. The van der Waals surface area contributed by atoms with E-state index in [-0.39, 0.29) is 0 Å². The van der Waals surface area contributed by atoms with Crippen LogP contribution in [-0.2, 0) is 0 Å². The molecule has 0 unspecified atom stereocenters. The predicted octanol–water partition coefficient (Wildman–Crippen LogP) is 0.381. The van der Waals surface area contributed by atoms with Gasteiger partial charge in [-0.05, 0) is 7.05 Å². The summed E-state index contributed by atoms with van der Waals surface area (Å²) in [7, 11) is 3.94. The van der Waals surface area contributed by atoms with Gasteiger partial charge in [0.25, 0.3) is 0 Å². The maximum absolute atomic E-state index is 5.56. The minimum Gasteiger partial charge on any atom is -0.389 e. The van der Waals surface area contributed by atoms with Crippen molar-refractivity contribution in [1.82, 2.24) is 10.3 Å².